The van der Waals surface area contributed by atoms with Gasteiger partial charge in [0.1, 0.15) is 0 Å². The molecule has 5 heteroatoms. The number of hydrogen-bond acceptors (Lipinski definition) is 3. The molecule has 1 aromatic rings. The van der Waals surface area contributed by atoms with E-state index in [9.17, 15) is 4.79 Å². The third kappa shape index (κ3) is 4.37. The van der Waals surface area contributed by atoms with Gasteiger partial charge in [0.15, 0.2) is 0 Å². The maximum absolute atomic E-state index is 12.2. The summed E-state index contributed by atoms with van der Waals surface area (Å²) in [5, 5.41) is 0. The van der Waals surface area contributed by atoms with E-state index in [1.54, 1.807) is 12.3 Å². The van der Waals surface area contributed by atoms with E-state index in [2.05, 4.69) is 11.9 Å². The van der Waals surface area contributed by atoms with Crippen molar-refractivity contribution >= 4 is 24.0 Å². The minimum Gasteiger partial charge on any atom is -0.397 e. The van der Waals surface area contributed by atoms with Gasteiger partial charge in [0.05, 0.1) is 18.3 Å². The molecule has 1 saturated carbocycles. The minimum atomic E-state index is 0. The van der Waals surface area contributed by atoms with E-state index in [1.807, 2.05) is 18.0 Å². The Balaban J connectivity index is 0.00000200. The molecule has 1 heterocycles. The molecule has 1 aromatic heterocycles. The van der Waals surface area contributed by atoms with Gasteiger partial charge in [-0.15, -0.1) is 12.4 Å². The van der Waals surface area contributed by atoms with Gasteiger partial charge >= 0.3 is 0 Å². The number of hydrogen-bond donors (Lipinski definition) is 1. The first-order chi connectivity index (χ1) is 9.06. The van der Waals surface area contributed by atoms with Crippen molar-refractivity contribution in [3.8, 4) is 0 Å². The highest BCUT2D eigenvalue weighted by Gasteiger charge is 2.24. The van der Waals surface area contributed by atoms with Crippen molar-refractivity contribution in [2.45, 2.75) is 45.1 Å². The molecule has 2 N–H and O–H groups in total. The summed E-state index contributed by atoms with van der Waals surface area (Å²) in [6.07, 6.45) is 6.66. The van der Waals surface area contributed by atoms with Crippen LogP contribution < -0.4 is 5.73 Å². The van der Waals surface area contributed by atoms with Gasteiger partial charge in [-0.1, -0.05) is 6.92 Å². The number of pyridine rings is 1. The lowest BCUT2D eigenvalue weighted by atomic mass is 9.86. The van der Waals surface area contributed by atoms with Crippen LogP contribution in [-0.2, 0) is 11.2 Å². The molecule has 0 radical (unpaired) electrons. The Morgan fingerprint density at radius 2 is 2.00 bits per heavy atom. The maximum Gasteiger partial charge on any atom is 0.228 e. The van der Waals surface area contributed by atoms with Crippen molar-refractivity contribution in [2.75, 3.05) is 12.8 Å². The Hall–Kier alpha value is -1.29. The monoisotopic (exact) mass is 297 g/mol. The van der Waals surface area contributed by atoms with Gasteiger partial charge in [-0.2, -0.15) is 0 Å². The smallest absolute Gasteiger partial charge is 0.228 e. The van der Waals surface area contributed by atoms with Crippen LogP contribution in [0.3, 0.4) is 0 Å². The Morgan fingerprint density at radius 3 is 2.55 bits per heavy atom. The topological polar surface area (TPSA) is 59.2 Å². The van der Waals surface area contributed by atoms with Gasteiger partial charge in [0.25, 0.3) is 0 Å². The second-order valence-corrected chi connectivity index (χ2v) is 5.68. The van der Waals surface area contributed by atoms with Crippen LogP contribution in [-0.4, -0.2) is 28.9 Å². The number of nitrogen functional groups attached to an aromatic ring is 1. The summed E-state index contributed by atoms with van der Waals surface area (Å²) in [6.45, 7) is 2.29. The highest BCUT2D eigenvalue weighted by atomic mass is 35.5. The third-order valence-electron chi connectivity index (χ3n) is 4.11. The number of likely N-dealkylation sites (N-methyl/N-ethyl adjacent to an activating group) is 1. The molecule has 1 aliphatic carbocycles. The van der Waals surface area contributed by atoms with Crippen molar-refractivity contribution in [2.24, 2.45) is 5.92 Å². The van der Waals surface area contributed by atoms with E-state index in [-0.39, 0.29) is 18.3 Å². The van der Waals surface area contributed by atoms with Crippen molar-refractivity contribution in [3.63, 3.8) is 0 Å². The number of halogens is 1. The number of carbonyl (C=O) groups excluding carboxylic acids is 1. The number of rotatable bonds is 3. The summed E-state index contributed by atoms with van der Waals surface area (Å²) >= 11 is 0. The fourth-order valence-corrected chi connectivity index (χ4v) is 2.65. The van der Waals surface area contributed by atoms with E-state index in [0.717, 1.165) is 24.5 Å². The number of nitrogens with two attached hydrogens (primary N) is 1. The summed E-state index contributed by atoms with van der Waals surface area (Å²) in [5.41, 5.74) is 7.01. The molecular weight excluding hydrogens is 274 g/mol. The van der Waals surface area contributed by atoms with Crippen LogP contribution >= 0.6 is 12.4 Å². The summed E-state index contributed by atoms with van der Waals surface area (Å²) in [7, 11) is 1.92. The molecule has 1 amide bonds. The van der Waals surface area contributed by atoms with Crippen LogP contribution in [0.1, 0.15) is 38.3 Å². The van der Waals surface area contributed by atoms with Crippen LogP contribution in [0.15, 0.2) is 18.3 Å². The van der Waals surface area contributed by atoms with Crippen LogP contribution in [0.2, 0.25) is 0 Å². The van der Waals surface area contributed by atoms with E-state index in [1.165, 1.54) is 12.8 Å². The van der Waals surface area contributed by atoms with Crippen LogP contribution in [0.5, 0.6) is 0 Å². The minimum absolute atomic E-state index is 0. The lowest BCUT2D eigenvalue weighted by Crippen LogP contribution is -2.40. The van der Waals surface area contributed by atoms with Gasteiger partial charge < -0.3 is 10.6 Å². The molecule has 0 unspecified atom stereocenters. The highest BCUT2D eigenvalue weighted by Crippen LogP contribution is 2.26. The zero-order chi connectivity index (χ0) is 13.8. The van der Waals surface area contributed by atoms with Gasteiger partial charge in [-0.25, -0.2) is 0 Å². The molecule has 1 aliphatic rings. The third-order valence-corrected chi connectivity index (χ3v) is 4.11. The van der Waals surface area contributed by atoms with Crippen molar-refractivity contribution in [3.05, 3.63) is 24.0 Å². The predicted octanol–water partition coefficient (Wildman–Crippen LogP) is 2.67. The number of aromatic nitrogens is 1. The Labute approximate surface area is 127 Å². The summed E-state index contributed by atoms with van der Waals surface area (Å²) in [6, 6.07) is 4.01. The largest absolute Gasteiger partial charge is 0.397 e. The van der Waals surface area contributed by atoms with Gasteiger partial charge in [0, 0.05) is 18.8 Å². The molecule has 1 fully saturated rings. The fraction of sp³-hybridized carbons (Fsp3) is 0.600. The Bertz CT molecular complexity index is 427. The molecule has 0 spiro atoms. The highest BCUT2D eigenvalue weighted by molar-refractivity contribution is 5.85. The first kappa shape index (κ1) is 16.8. The number of carbonyl (C=O) groups is 1. The Morgan fingerprint density at radius 1 is 1.35 bits per heavy atom. The molecule has 0 aliphatic heterocycles. The second kappa shape index (κ2) is 7.48. The standard InChI is InChI=1S/C15H23N3O.ClH/c1-11-3-7-14(8-4-11)18(2)15(19)9-13-6-5-12(16)10-17-13;/h5-6,10-11,14H,3-4,7-9,16H2,1-2H3;1H. The molecule has 0 aromatic carbocycles. The summed E-state index contributed by atoms with van der Waals surface area (Å²) in [5.74, 6) is 0.954. The van der Waals surface area contributed by atoms with E-state index in [0.29, 0.717) is 18.2 Å². The lowest BCUT2D eigenvalue weighted by molar-refractivity contribution is -0.132. The predicted molar refractivity (Wildman–Crippen MR) is 83.8 cm³/mol. The molecule has 4 nitrogen and oxygen atoms in total. The molecule has 112 valence electrons. The van der Waals surface area contributed by atoms with E-state index in [4.69, 9.17) is 5.73 Å². The van der Waals surface area contributed by atoms with Crippen LogP contribution in [0, 0.1) is 5.92 Å². The zero-order valence-electron chi connectivity index (χ0n) is 12.2. The molecule has 0 atom stereocenters. The first-order valence-corrected chi connectivity index (χ1v) is 7.02. The molecule has 0 bridgehead atoms. The van der Waals surface area contributed by atoms with E-state index < -0.39 is 0 Å². The van der Waals surface area contributed by atoms with Crippen LogP contribution in [0.25, 0.3) is 0 Å². The summed E-state index contributed by atoms with van der Waals surface area (Å²) < 4.78 is 0. The molecule has 0 saturated heterocycles. The van der Waals surface area contributed by atoms with Crippen molar-refractivity contribution < 1.29 is 4.79 Å². The SMILES string of the molecule is CC1CCC(N(C)C(=O)Cc2ccc(N)cn2)CC1.Cl. The average Bonchev–Trinajstić information content (AvgIpc) is 2.41. The average molecular weight is 298 g/mol. The fourth-order valence-electron chi connectivity index (χ4n) is 2.65. The summed E-state index contributed by atoms with van der Waals surface area (Å²) in [4.78, 5) is 18.3. The van der Waals surface area contributed by atoms with Gasteiger partial charge in [-0.3, -0.25) is 9.78 Å². The van der Waals surface area contributed by atoms with E-state index >= 15 is 0 Å². The molecule has 2 rings (SSSR count). The number of nitrogens with zero attached hydrogens (tertiary/aromatic N) is 2. The zero-order valence-corrected chi connectivity index (χ0v) is 13.0. The lowest BCUT2D eigenvalue weighted by Gasteiger charge is -2.33. The molecular formula is C15H24ClN3O. The number of amides is 1. The first-order valence-electron chi connectivity index (χ1n) is 7.02. The Kier molecular flexibility index (Phi) is 6.27. The quantitative estimate of drug-likeness (QED) is 0.933. The van der Waals surface area contributed by atoms with Gasteiger partial charge in [-0.05, 0) is 43.7 Å². The second-order valence-electron chi connectivity index (χ2n) is 5.68. The molecule has 20 heavy (non-hydrogen) atoms. The van der Waals surface area contributed by atoms with Crippen molar-refractivity contribution in [1.82, 2.24) is 9.88 Å². The van der Waals surface area contributed by atoms with Crippen LogP contribution in [0.4, 0.5) is 5.69 Å². The van der Waals surface area contributed by atoms with Gasteiger partial charge in [0.2, 0.25) is 5.91 Å². The normalized spacial score (nSPS) is 21.9. The maximum atomic E-state index is 12.2. The number of anilines is 1. The van der Waals surface area contributed by atoms with Crippen molar-refractivity contribution in [1.29, 1.82) is 0 Å².